The second-order valence-corrected chi connectivity index (χ2v) is 17.8. The van der Waals surface area contributed by atoms with Gasteiger partial charge in [-0.25, -0.2) is 4.57 Å². The van der Waals surface area contributed by atoms with Crippen LogP contribution in [-0.4, -0.2) is 18.3 Å². The Balaban J connectivity index is 1.28. The van der Waals surface area contributed by atoms with Crippen LogP contribution in [0.15, 0.2) is 0 Å². The van der Waals surface area contributed by atoms with Gasteiger partial charge in [0.15, 0.2) is 0 Å². The molecular formula is C30H51O4P. The number of hydrogen-bond donors (Lipinski definition) is 0. The van der Waals surface area contributed by atoms with E-state index < -0.39 is 7.82 Å². The highest BCUT2D eigenvalue weighted by molar-refractivity contribution is 7.48. The fraction of sp³-hybridized carbons (Fsp3) is 1.00. The average Bonchev–Trinajstić information content (AvgIpc) is 3.35. The molecule has 6 saturated carbocycles. The lowest BCUT2D eigenvalue weighted by atomic mass is 9.71. The lowest BCUT2D eigenvalue weighted by Crippen LogP contribution is -2.31. The molecule has 0 radical (unpaired) electrons. The van der Waals surface area contributed by atoms with Crippen molar-refractivity contribution < 1.29 is 18.1 Å². The van der Waals surface area contributed by atoms with Gasteiger partial charge in [0, 0.05) is 0 Å². The summed E-state index contributed by atoms with van der Waals surface area (Å²) in [6, 6.07) is 0. The Morgan fingerprint density at radius 3 is 0.943 bits per heavy atom. The molecule has 0 aromatic heterocycles. The van der Waals surface area contributed by atoms with Crippen molar-refractivity contribution in [3.05, 3.63) is 0 Å². The Labute approximate surface area is 214 Å². The quantitative estimate of drug-likeness (QED) is 0.338. The molecule has 0 aliphatic heterocycles. The highest BCUT2D eigenvalue weighted by atomic mass is 31.2. The van der Waals surface area contributed by atoms with Gasteiger partial charge in [0.25, 0.3) is 0 Å². The first-order chi connectivity index (χ1) is 16.0. The van der Waals surface area contributed by atoms with E-state index in [1.807, 2.05) is 0 Å². The molecular weight excluding hydrogens is 455 g/mol. The van der Waals surface area contributed by atoms with E-state index in [9.17, 15) is 4.57 Å². The van der Waals surface area contributed by atoms with Gasteiger partial charge in [0.05, 0.1) is 18.3 Å². The van der Waals surface area contributed by atoms with Crippen LogP contribution in [-0.2, 0) is 18.1 Å². The Morgan fingerprint density at radius 1 is 0.514 bits per heavy atom. The molecule has 200 valence electrons. The maximum Gasteiger partial charge on any atom is 0.475 e. The standard InChI is InChI=1S/C30H51O4P/c1-25(2)19-10-13-28(25,7)16-22(19)32-35(31,33-23-17-29(8)14-11-20(23)26(29,3)4)34-24-18-30(9)15-12-21(24)27(30,5)6/h19-24H,10-18H2,1-9H3. The van der Waals surface area contributed by atoms with Gasteiger partial charge < -0.3 is 0 Å². The largest absolute Gasteiger partial charge is 0.475 e. The van der Waals surface area contributed by atoms with Crippen molar-refractivity contribution in [3.8, 4) is 0 Å². The number of phosphoric acid groups is 1. The highest BCUT2D eigenvalue weighted by Crippen LogP contribution is 2.74. The zero-order valence-electron chi connectivity index (χ0n) is 23.9. The molecule has 5 heteroatoms. The molecule has 6 bridgehead atoms. The predicted octanol–water partition coefficient (Wildman–Crippen LogP) is 8.79. The predicted molar refractivity (Wildman–Crippen MR) is 140 cm³/mol. The summed E-state index contributed by atoms with van der Waals surface area (Å²) in [4.78, 5) is 0. The molecule has 9 atom stereocenters. The summed E-state index contributed by atoms with van der Waals surface area (Å²) in [6.07, 6.45) is 10.0. The molecule has 35 heavy (non-hydrogen) atoms. The second-order valence-electron chi connectivity index (χ2n) is 16.3. The maximum atomic E-state index is 14.8. The Morgan fingerprint density at radius 2 is 0.771 bits per heavy atom. The third-order valence-corrected chi connectivity index (χ3v) is 16.2. The summed E-state index contributed by atoms with van der Waals surface area (Å²) >= 11 is 0. The number of phosphoric ester groups is 1. The summed E-state index contributed by atoms with van der Waals surface area (Å²) in [5.41, 5.74) is 1.34. The van der Waals surface area contributed by atoms with E-state index in [0.717, 1.165) is 38.5 Å². The smallest absolute Gasteiger partial charge is 0.283 e. The first-order valence-electron chi connectivity index (χ1n) is 14.6. The van der Waals surface area contributed by atoms with Crippen molar-refractivity contribution in [3.63, 3.8) is 0 Å². The van der Waals surface area contributed by atoms with E-state index in [4.69, 9.17) is 13.6 Å². The van der Waals surface area contributed by atoms with Crippen molar-refractivity contribution in [2.45, 2.75) is 138 Å². The normalized spacial score (nSPS) is 54.0. The number of fused-ring (bicyclic) bond motifs is 6. The number of rotatable bonds is 6. The summed E-state index contributed by atoms with van der Waals surface area (Å²) < 4.78 is 34.8. The lowest BCUT2D eigenvalue weighted by Gasteiger charge is -2.35. The summed E-state index contributed by atoms with van der Waals surface area (Å²) in [6.45, 7) is 21.5. The number of hydrogen-bond acceptors (Lipinski definition) is 4. The molecule has 0 heterocycles. The van der Waals surface area contributed by atoms with Crippen molar-refractivity contribution >= 4 is 7.82 Å². The van der Waals surface area contributed by atoms with Gasteiger partial charge in [-0.15, -0.1) is 0 Å². The van der Waals surface area contributed by atoms with Gasteiger partial charge >= 0.3 is 7.82 Å². The third-order valence-electron chi connectivity index (χ3n) is 14.6. The zero-order chi connectivity index (χ0) is 25.4. The third kappa shape index (κ3) is 3.18. The van der Waals surface area contributed by atoms with Crippen LogP contribution in [0.5, 0.6) is 0 Å². The van der Waals surface area contributed by atoms with Crippen LogP contribution < -0.4 is 0 Å². The van der Waals surface area contributed by atoms with Crippen molar-refractivity contribution in [2.75, 3.05) is 0 Å². The molecule has 0 N–H and O–H groups in total. The molecule has 0 amide bonds. The van der Waals surface area contributed by atoms with E-state index in [-0.39, 0.29) is 50.8 Å². The van der Waals surface area contributed by atoms with Crippen LogP contribution in [0.4, 0.5) is 0 Å². The summed E-state index contributed by atoms with van der Waals surface area (Å²) in [5, 5.41) is 0. The van der Waals surface area contributed by atoms with E-state index in [2.05, 4.69) is 62.3 Å². The van der Waals surface area contributed by atoms with Crippen LogP contribution in [0.1, 0.15) is 120 Å². The average molecular weight is 507 g/mol. The molecule has 6 aliphatic carbocycles. The maximum absolute atomic E-state index is 14.8. The van der Waals surface area contributed by atoms with Gasteiger partial charge in [-0.2, -0.15) is 0 Å². The lowest BCUT2D eigenvalue weighted by molar-refractivity contribution is -0.0164. The van der Waals surface area contributed by atoms with E-state index in [1.54, 1.807) is 0 Å². The van der Waals surface area contributed by atoms with E-state index >= 15 is 0 Å². The molecule has 0 aromatic rings. The topological polar surface area (TPSA) is 44.8 Å². The van der Waals surface area contributed by atoms with Gasteiger partial charge in [-0.3, -0.25) is 13.6 Å². The molecule has 6 rings (SSSR count). The molecule has 0 spiro atoms. The van der Waals surface area contributed by atoms with Crippen LogP contribution in [0.2, 0.25) is 0 Å². The summed E-state index contributed by atoms with van der Waals surface area (Å²) in [5.74, 6) is 1.28. The zero-order valence-corrected chi connectivity index (χ0v) is 24.8. The minimum Gasteiger partial charge on any atom is -0.283 e. The molecule has 6 fully saturated rings. The van der Waals surface area contributed by atoms with Crippen LogP contribution in [0.25, 0.3) is 0 Å². The molecule has 0 saturated heterocycles. The first-order valence-corrected chi connectivity index (χ1v) is 16.1. The van der Waals surface area contributed by atoms with Crippen LogP contribution in [0.3, 0.4) is 0 Å². The molecule has 0 aromatic carbocycles. The fourth-order valence-corrected chi connectivity index (χ4v) is 12.3. The van der Waals surface area contributed by atoms with Crippen molar-refractivity contribution in [1.82, 2.24) is 0 Å². The minimum atomic E-state index is -3.72. The highest BCUT2D eigenvalue weighted by Gasteiger charge is 2.66. The Hall–Kier alpha value is 0.110. The van der Waals surface area contributed by atoms with Gasteiger partial charge in [0.1, 0.15) is 0 Å². The van der Waals surface area contributed by atoms with Crippen molar-refractivity contribution in [2.24, 2.45) is 50.2 Å². The SMILES string of the molecule is CC12CCC(C(OP(=O)(OC3CC4(C)CCC3C4(C)C)OC3CC4(C)CCC3C4(C)C)C1)C2(C)C. The van der Waals surface area contributed by atoms with Gasteiger partial charge in [-0.05, 0) is 108 Å². The first kappa shape index (κ1) is 25.4. The van der Waals surface area contributed by atoms with Gasteiger partial charge in [0.2, 0.25) is 0 Å². The monoisotopic (exact) mass is 506 g/mol. The van der Waals surface area contributed by atoms with Gasteiger partial charge in [-0.1, -0.05) is 62.3 Å². The van der Waals surface area contributed by atoms with E-state index in [0.29, 0.717) is 17.8 Å². The second kappa shape index (κ2) is 7.19. The van der Waals surface area contributed by atoms with Crippen LogP contribution in [0, 0.1) is 50.2 Å². The van der Waals surface area contributed by atoms with E-state index in [1.165, 1.54) is 19.3 Å². The van der Waals surface area contributed by atoms with Crippen LogP contribution >= 0.6 is 7.82 Å². The molecule has 6 aliphatic rings. The fourth-order valence-electron chi connectivity index (χ4n) is 10.5. The molecule has 9 unspecified atom stereocenters. The minimum absolute atomic E-state index is 0.0287. The summed E-state index contributed by atoms with van der Waals surface area (Å²) in [7, 11) is -3.72. The molecule has 4 nitrogen and oxygen atoms in total. The Kier molecular flexibility index (Phi) is 5.22. The van der Waals surface area contributed by atoms with Crippen molar-refractivity contribution in [1.29, 1.82) is 0 Å². The Bertz CT molecular complexity index is 829.